The normalized spacial score (nSPS) is 12.7. The Morgan fingerprint density at radius 3 is 1.95 bits per heavy atom. The molecule has 0 aromatic rings. The molecule has 0 aliphatic rings. The predicted octanol–water partition coefficient (Wildman–Crippen LogP) is 3.31. The summed E-state index contributed by atoms with van der Waals surface area (Å²) in [6.45, 7) is 11.5. The summed E-state index contributed by atoms with van der Waals surface area (Å²) in [6.07, 6.45) is 4.82. The molecule has 0 saturated carbocycles. The Labute approximate surface area is 135 Å². The molecule has 22 heavy (non-hydrogen) atoms. The molecule has 0 spiro atoms. The number of methoxy groups -OCH3 is 2. The van der Waals surface area contributed by atoms with Crippen LogP contribution in [0, 0.1) is 5.92 Å². The van der Waals surface area contributed by atoms with E-state index in [1.807, 2.05) is 12.2 Å². The third kappa shape index (κ3) is 6.75. The fraction of sp³-hybridized carbons (Fsp3) is 0.750. The van der Waals surface area contributed by atoms with Gasteiger partial charge in [-0.2, -0.15) is 0 Å². The minimum absolute atomic E-state index is 0.182. The van der Waals surface area contributed by atoms with Gasteiger partial charge in [0.2, 0.25) is 0 Å². The molecular weight excluding hydrogens is 300 g/mol. The number of ether oxygens (including phenoxy) is 2. The van der Waals surface area contributed by atoms with Crippen LogP contribution in [-0.2, 0) is 23.5 Å². The van der Waals surface area contributed by atoms with E-state index in [-0.39, 0.29) is 5.04 Å². The van der Waals surface area contributed by atoms with Gasteiger partial charge in [0.1, 0.15) is 0 Å². The van der Waals surface area contributed by atoms with Crippen LogP contribution in [-0.4, -0.2) is 41.1 Å². The van der Waals surface area contributed by atoms with Crippen LogP contribution in [0.2, 0.25) is 18.1 Å². The Hall–Kier alpha value is -1.14. The van der Waals surface area contributed by atoms with Gasteiger partial charge < -0.3 is 13.9 Å². The van der Waals surface area contributed by atoms with Gasteiger partial charge in [-0.15, -0.1) is 0 Å². The van der Waals surface area contributed by atoms with Crippen LogP contribution in [0.15, 0.2) is 12.2 Å². The molecule has 0 N–H and O–H groups in total. The van der Waals surface area contributed by atoms with E-state index in [0.717, 1.165) is 0 Å². The average Bonchev–Trinajstić information content (AvgIpc) is 2.43. The van der Waals surface area contributed by atoms with Crippen molar-refractivity contribution in [3.05, 3.63) is 12.2 Å². The molecule has 0 heterocycles. The highest BCUT2D eigenvalue weighted by molar-refractivity contribution is 6.74. The van der Waals surface area contributed by atoms with E-state index in [9.17, 15) is 9.59 Å². The molecule has 0 rings (SSSR count). The average molecular weight is 330 g/mol. The van der Waals surface area contributed by atoms with Crippen molar-refractivity contribution in [1.29, 1.82) is 0 Å². The molecule has 0 radical (unpaired) electrons. The smallest absolute Gasteiger partial charge is 0.320 e. The van der Waals surface area contributed by atoms with Gasteiger partial charge in [0.15, 0.2) is 14.2 Å². The first-order chi connectivity index (χ1) is 10.1. The fourth-order valence-electron chi connectivity index (χ4n) is 1.54. The van der Waals surface area contributed by atoms with Gasteiger partial charge in [-0.25, -0.2) is 0 Å². The summed E-state index contributed by atoms with van der Waals surface area (Å²) in [5.74, 6) is -1.98. The Kier molecular flexibility index (Phi) is 8.63. The van der Waals surface area contributed by atoms with E-state index in [4.69, 9.17) is 4.43 Å². The molecule has 6 heteroatoms. The second-order valence-electron chi connectivity index (χ2n) is 6.72. The largest absolute Gasteiger partial charge is 0.468 e. The molecule has 0 aromatic heterocycles. The second-order valence-corrected chi connectivity index (χ2v) is 11.5. The van der Waals surface area contributed by atoms with E-state index >= 15 is 0 Å². The van der Waals surface area contributed by atoms with Crippen molar-refractivity contribution in [2.75, 3.05) is 20.8 Å². The number of hydrogen-bond donors (Lipinski definition) is 0. The molecule has 0 aliphatic carbocycles. The highest BCUT2D eigenvalue weighted by Crippen LogP contribution is 2.36. The number of hydrogen-bond acceptors (Lipinski definition) is 5. The van der Waals surface area contributed by atoms with Gasteiger partial charge in [-0.3, -0.25) is 9.59 Å². The van der Waals surface area contributed by atoms with Crippen molar-refractivity contribution in [2.24, 2.45) is 5.92 Å². The molecule has 0 bridgehead atoms. The Bertz CT molecular complexity index is 380. The number of carbonyl (C=O) groups is 2. The minimum Gasteiger partial charge on any atom is -0.468 e. The number of allylic oxidation sites excluding steroid dienone is 1. The van der Waals surface area contributed by atoms with E-state index < -0.39 is 26.2 Å². The van der Waals surface area contributed by atoms with Gasteiger partial charge in [0, 0.05) is 0 Å². The van der Waals surface area contributed by atoms with Gasteiger partial charge in [-0.05, 0) is 31.0 Å². The first-order valence-corrected chi connectivity index (χ1v) is 10.4. The lowest BCUT2D eigenvalue weighted by atomic mass is 10.0. The van der Waals surface area contributed by atoms with Gasteiger partial charge in [0.05, 0.1) is 20.8 Å². The number of carbonyl (C=O) groups excluding carboxylic acids is 2. The monoisotopic (exact) mass is 330 g/mol. The molecular formula is C16H30O5Si. The van der Waals surface area contributed by atoms with E-state index in [1.165, 1.54) is 14.2 Å². The van der Waals surface area contributed by atoms with Crippen molar-refractivity contribution in [3.8, 4) is 0 Å². The lowest BCUT2D eigenvalue weighted by Crippen LogP contribution is -2.40. The quantitative estimate of drug-likeness (QED) is 0.296. The van der Waals surface area contributed by atoms with Gasteiger partial charge >= 0.3 is 11.9 Å². The van der Waals surface area contributed by atoms with Crippen molar-refractivity contribution >= 4 is 20.3 Å². The lowest BCUT2D eigenvalue weighted by Gasteiger charge is -2.35. The Morgan fingerprint density at radius 2 is 1.55 bits per heavy atom. The number of esters is 2. The first kappa shape index (κ1) is 20.9. The molecule has 0 aromatic carbocycles. The fourth-order valence-corrected chi connectivity index (χ4v) is 2.48. The predicted molar refractivity (Wildman–Crippen MR) is 89.0 cm³/mol. The van der Waals surface area contributed by atoms with E-state index in [2.05, 4.69) is 43.3 Å². The zero-order valence-corrected chi connectivity index (χ0v) is 15.9. The number of rotatable bonds is 8. The SMILES string of the molecule is COC(=O)C(CC/C=C/CO[Si](C)(C)C(C)(C)C)C(=O)OC. The van der Waals surface area contributed by atoms with Crippen molar-refractivity contribution in [3.63, 3.8) is 0 Å². The lowest BCUT2D eigenvalue weighted by molar-refractivity contribution is -0.159. The molecule has 0 saturated heterocycles. The first-order valence-electron chi connectivity index (χ1n) is 7.51. The summed E-state index contributed by atoms with van der Waals surface area (Å²) < 4.78 is 15.2. The maximum absolute atomic E-state index is 11.5. The molecule has 0 fully saturated rings. The van der Waals surface area contributed by atoms with Gasteiger partial charge in [-0.1, -0.05) is 32.9 Å². The van der Waals surface area contributed by atoms with Crippen LogP contribution in [0.3, 0.4) is 0 Å². The molecule has 0 unspecified atom stereocenters. The summed E-state index contributed by atoms with van der Waals surface area (Å²) in [7, 11) is 0.796. The maximum atomic E-state index is 11.5. The summed E-state index contributed by atoms with van der Waals surface area (Å²) in [4.78, 5) is 23.0. The molecule has 0 amide bonds. The highest BCUT2D eigenvalue weighted by Gasteiger charge is 2.36. The summed E-state index contributed by atoms with van der Waals surface area (Å²) in [6, 6.07) is 0. The van der Waals surface area contributed by atoms with Crippen LogP contribution in [0.1, 0.15) is 33.6 Å². The topological polar surface area (TPSA) is 61.8 Å². The van der Waals surface area contributed by atoms with Crippen LogP contribution < -0.4 is 0 Å². The third-order valence-corrected chi connectivity index (χ3v) is 8.61. The standard InChI is InChI=1S/C16H30O5Si/c1-16(2,3)22(6,7)21-12-10-8-9-11-13(14(17)19-4)15(18)20-5/h8,10,13H,9,11-12H2,1-7H3/b10-8+. The van der Waals surface area contributed by atoms with E-state index in [1.54, 1.807) is 0 Å². The van der Waals surface area contributed by atoms with Crippen molar-refractivity contribution in [1.82, 2.24) is 0 Å². The molecule has 128 valence electrons. The van der Waals surface area contributed by atoms with Crippen molar-refractivity contribution in [2.45, 2.75) is 51.7 Å². The van der Waals surface area contributed by atoms with Crippen LogP contribution in [0.5, 0.6) is 0 Å². The molecule has 0 aliphatic heterocycles. The Morgan fingerprint density at radius 1 is 1.05 bits per heavy atom. The summed E-state index contributed by atoms with van der Waals surface area (Å²) in [5, 5.41) is 0.182. The molecule has 5 nitrogen and oxygen atoms in total. The highest BCUT2D eigenvalue weighted by atomic mass is 28.4. The summed E-state index contributed by atoms with van der Waals surface area (Å²) in [5.41, 5.74) is 0. The van der Waals surface area contributed by atoms with Crippen LogP contribution >= 0.6 is 0 Å². The molecule has 0 atom stereocenters. The van der Waals surface area contributed by atoms with Crippen LogP contribution in [0.4, 0.5) is 0 Å². The van der Waals surface area contributed by atoms with E-state index in [0.29, 0.717) is 19.4 Å². The minimum atomic E-state index is -1.73. The Balaban J connectivity index is 4.28. The van der Waals surface area contributed by atoms with Crippen LogP contribution in [0.25, 0.3) is 0 Å². The summed E-state index contributed by atoms with van der Waals surface area (Å²) >= 11 is 0. The maximum Gasteiger partial charge on any atom is 0.320 e. The second kappa shape index (κ2) is 9.10. The van der Waals surface area contributed by atoms with Crippen molar-refractivity contribution < 1.29 is 23.5 Å². The van der Waals surface area contributed by atoms with Gasteiger partial charge in [0.25, 0.3) is 0 Å². The third-order valence-electron chi connectivity index (χ3n) is 4.11. The zero-order chi connectivity index (χ0) is 17.4. The zero-order valence-electron chi connectivity index (χ0n) is 14.9.